The van der Waals surface area contributed by atoms with Crippen LogP contribution in [-0.4, -0.2) is 31.0 Å². The quantitative estimate of drug-likeness (QED) is 0.869. The molecule has 0 radical (unpaired) electrons. The molecule has 5 nitrogen and oxygen atoms in total. The van der Waals surface area contributed by atoms with Gasteiger partial charge in [-0.3, -0.25) is 9.59 Å². The van der Waals surface area contributed by atoms with E-state index < -0.39 is 0 Å². The molecule has 3 rings (SSSR count). The number of hydrogen-bond acceptors (Lipinski definition) is 3. The second-order valence-electron chi connectivity index (χ2n) is 6.82. The van der Waals surface area contributed by atoms with Crippen LogP contribution in [0.2, 0.25) is 0 Å². The van der Waals surface area contributed by atoms with Gasteiger partial charge in [-0.15, -0.1) is 0 Å². The minimum atomic E-state index is -0.217. The van der Waals surface area contributed by atoms with Crippen molar-refractivity contribution in [3.63, 3.8) is 0 Å². The Balaban J connectivity index is 1.49. The normalized spacial score (nSPS) is 16.8. The third kappa shape index (κ3) is 4.42. The van der Waals surface area contributed by atoms with Crippen LogP contribution in [0.1, 0.15) is 31.7 Å². The molecule has 1 fully saturated rings. The first-order valence-corrected chi connectivity index (χ1v) is 8.90. The highest BCUT2D eigenvalue weighted by molar-refractivity contribution is 5.96. The number of rotatable bonds is 6. The molecular formula is C21H24N2O3. The summed E-state index contributed by atoms with van der Waals surface area (Å²) in [7, 11) is 0. The van der Waals surface area contributed by atoms with Crippen LogP contribution < -0.4 is 15.0 Å². The molecule has 2 amide bonds. The number of amides is 2. The average molecular weight is 352 g/mol. The fourth-order valence-corrected chi connectivity index (χ4v) is 3.03. The largest absolute Gasteiger partial charge is 0.484 e. The number of benzene rings is 2. The number of carbonyl (C=O) groups excluding carboxylic acids is 2. The summed E-state index contributed by atoms with van der Waals surface area (Å²) < 4.78 is 5.54. The average Bonchev–Trinajstić information content (AvgIpc) is 3.01. The summed E-state index contributed by atoms with van der Waals surface area (Å²) in [5.41, 5.74) is 2.09. The third-order valence-corrected chi connectivity index (χ3v) is 4.47. The van der Waals surface area contributed by atoms with Crippen molar-refractivity contribution in [3.8, 4) is 5.75 Å². The molecule has 26 heavy (non-hydrogen) atoms. The van der Waals surface area contributed by atoms with Crippen LogP contribution in [0.15, 0.2) is 54.6 Å². The van der Waals surface area contributed by atoms with Crippen LogP contribution in [0.4, 0.5) is 5.69 Å². The molecule has 5 heteroatoms. The van der Waals surface area contributed by atoms with Gasteiger partial charge in [0.15, 0.2) is 6.61 Å². The maximum Gasteiger partial charge on any atom is 0.258 e. The Hall–Kier alpha value is -2.82. The summed E-state index contributed by atoms with van der Waals surface area (Å²) >= 11 is 0. The van der Waals surface area contributed by atoms with Crippen LogP contribution >= 0.6 is 0 Å². The number of nitrogens with one attached hydrogen (secondary N) is 1. The molecule has 1 N–H and O–H groups in total. The lowest BCUT2D eigenvalue weighted by atomic mass is 10.0. The molecular weight excluding hydrogens is 328 g/mol. The van der Waals surface area contributed by atoms with Gasteiger partial charge in [0.2, 0.25) is 5.91 Å². The standard InChI is InChI=1S/C21H24N2O3/c1-15(2)16-8-10-19(11-9-16)26-14-20(24)22-17-12-21(25)23(13-17)18-6-4-3-5-7-18/h3-11,15,17H,12-14H2,1-2H3,(H,22,24)/t17-/m1/s1. The van der Waals surface area contributed by atoms with Crippen molar-refractivity contribution >= 4 is 17.5 Å². The maximum atomic E-state index is 12.2. The van der Waals surface area contributed by atoms with E-state index in [1.807, 2.05) is 54.6 Å². The zero-order chi connectivity index (χ0) is 18.5. The number of para-hydroxylation sites is 1. The van der Waals surface area contributed by atoms with Crippen molar-refractivity contribution in [2.75, 3.05) is 18.1 Å². The fraction of sp³-hybridized carbons (Fsp3) is 0.333. The van der Waals surface area contributed by atoms with Crippen molar-refractivity contribution in [3.05, 3.63) is 60.2 Å². The lowest BCUT2D eigenvalue weighted by molar-refractivity contribution is -0.123. The molecule has 2 aromatic carbocycles. The highest BCUT2D eigenvalue weighted by Gasteiger charge is 2.31. The van der Waals surface area contributed by atoms with E-state index in [0.29, 0.717) is 24.6 Å². The summed E-state index contributed by atoms with van der Waals surface area (Å²) in [6.07, 6.45) is 0.309. The second-order valence-corrected chi connectivity index (χ2v) is 6.82. The van der Waals surface area contributed by atoms with Crippen LogP contribution in [0.5, 0.6) is 5.75 Å². The molecule has 1 heterocycles. The highest BCUT2D eigenvalue weighted by Crippen LogP contribution is 2.21. The van der Waals surface area contributed by atoms with Crippen LogP contribution in [0.3, 0.4) is 0 Å². The first kappa shape index (κ1) is 18.0. The Morgan fingerprint density at radius 3 is 2.50 bits per heavy atom. The van der Waals surface area contributed by atoms with E-state index in [-0.39, 0.29) is 24.5 Å². The van der Waals surface area contributed by atoms with Gasteiger partial charge < -0.3 is 15.0 Å². The number of hydrogen-bond donors (Lipinski definition) is 1. The molecule has 0 aromatic heterocycles. The van der Waals surface area contributed by atoms with E-state index in [4.69, 9.17) is 4.74 Å². The van der Waals surface area contributed by atoms with E-state index in [0.717, 1.165) is 5.69 Å². The summed E-state index contributed by atoms with van der Waals surface area (Å²) in [6, 6.07) is 17.1. The van der Waals surface area contributed by atoms with Crippen LogP contribution in [0, 0.1) is 0 Å². The number of ether oxygens (including phenoxy) is 1. The van der Waals surface area contributed by atoms with Gasteiger partial charge in [0.1, 0.15) is 5.75 Å². The van der Waals surface area contributed by atoms with Crippen molar-refractivity contribution in [1.82, 2.24) is 5.32 Å². The highest BCUT2D eigenvalue weighted by atomic mass is 16.5. The number of nitrogens with zero attached hydrogens (tertiary/aromatic N) is 1. The smallest absolute Gasteiger partial charge is 0.258 e. The Morgan fingerprint density at radius 1 is 1.15 bits per heavy atom. The zero-order valence-corrected chi connectivity index (χ0v) is 15.1. The van der Waals surface area contributed by atoms with Crippen LogP contribution in [-0.2, 0) is 9.59 Å². The Labute approximate surface area is 154 Å². The van der Waals surface area contributed by atoms with E-state index >= 15 is 0 Å². The summed E-state index contributed by atoms with van der Waals surface area (Å²) in [5, 5.41) is 2.88. The molecule has 2 aromatic rings. The molecule has 136 valence electrons. The van der Waals surface area contributed by atoms with Gasteiger partial charge in [0.25, 0.3) is 5.91 Å². The van der Waals surface area contributed by atoms with Gasteiger partial charge >= 0.3 is 0 Å². The SMILES string of the molecule is CC(C)c1ccc(OCC(=O)N[C@@H]2CC(=O)N(c3ccccc3)C2)cc1. The van der Waals surface area contributed by atoms with Gasteiger partial charge in [-0.2, -0.15) is 0 Å². The number of carbonyl (C=O) groups is 2. The molecule has 1 saturated heterocycles. The van der Waals surface area contributed by atoms with Crippen LogP contribution in [0.25, 0.3) is 0 Å². The van der Waals surface area contributed by atoms with E-state index in [9.17, 15) is 9.59 Å². The Bertz CT molecular complexity index is 757. The third-order valence-electron chi connectivity index (χ3n) is 4.47. The molecule has 0 saturated carbocycles. The van der Waals surface area contributed by atoms with E-state index in [2.05, 4.69) is 19.2 Å². The first-order valence-electron chi connectivity index (χ1n) is 8.90. The predicted molar refractivity (Wildman–Crippen MR) is 101 cm³/mol. The zero-order valence-electron chi connectivity index (χ0n) is 15.1. The topological polar surface area (TPSA) is 58.6 Å². The fourth-order valence-electron chi connectivity index (χ4n) is 3.03. The Morgan fingerprint density at radius 2 is 1.85 bits per heavy atom. The lowest BCUT2D eigenvalue weighted by Gasteiger charge is -2.17. The summed E-state index contributed by atoms with van der Waals surface area (Å²) in [5.74, 6) is 0.926. The van der Waals surface area contributed by atoms with E-state index in [1.54, 1.807) is 4.90 Å². The van der Waals surface area contributed by atoms with Gasteiger partial charge in [-0.1, -0.05) is 44.2 Å². The summed E-state index contributed by atoms with van der Waals surface area (Å²) in [4.78, 5) is 26.0. The Kier molecular flexibility index (Phi) is 5.56. The van der Waals surface area contributed by atoms with Crippen molar-refractivity contribution in [2.45, 2.75) is 32.2 Å². The monoisotopic (exact) mass is 352 g/mol. The van der Waals surface area contributed by atoms with Crippen molar-refractivity contribution < 1.29 is 14.3 Å². The molecule has 1 atom stereocenters. The predicted octanol–water partition coefficient (Wildman–Crippen LogP) is 3.11. The van der Waals surface area contributed by atoms with E-state index in [1.165, 1.54) is 5.56 Å². The maximum absolute atomic E-state index is 12.2. The van der Waals surface area contributed by atoms with Crippen molar-refractivity contribution in [2.24, 2.45) is 0 Å². The first-order chi connectivity index (χ1) is 12.5. The molecule has 0 bridgehead atoms. The second kappa shape index (κ2) is 8.04. The molecule has 1 aliphatic heterocycles. The summed E-state index contributed by atoms with van der Waals surface area (Å²) in [6.45, 7) is 4.69. The van der Waals surface area contributed by atoms with Gasteiger partial charge in [0, 0.05) is 18.7 Å². The number of anilines is 1. The molecule has 0 unspecified atom stereocenters. The van der Waals surface area contributed by atoms with Gasteiger partial charge in [0.05, 0.1) is 6.04 Å². The van der Waals surface area contributed by atoms with Gasteiger partial charge in [-0.25, -0.2) is 0 Å². The van der Waals surface area contributed by atoms with Crippen molar-refractivity contribution in [1.29, 1.82) is 0 Å². The minimum absolute atomic E-state index is 0.0201. The van der Waals surface area contributed by atoms with Gasteiger partial charge in [-0.05, 0) is 35.7 Å². The molecule has 0 spiro atoms. The molecule has 0 aliphatic carbocycles. The lowest BCUT2D eigenvalue weighted by Crippen LogP contribution is -2.39. The molecule has 1 aliphatic rings. The minimum Gasteiger partial charge on any atom is -0.484 e.